The van der Waals surface area contributed by atoms with E-state index in [1.54, 1.807) is 0 Å². The highest BCUT2D eigenvalue weighted by Crippen LogP contribution is 1.99. The number of aliphatic carboxylic acids is 1. The van der Waals surface area contributed by atoms with Gasteiger partial charge >= 0.3 is 5.97 Å². The van der Waals surface area contributed by atoms with Gasteiger partial charge < -0.3 is 16.2 Å². The molecule has 0 aliphatic rings. The van der Waals surface area contributed by atoms with Crippen LogP contribution in [0.5, 0.6) is 0 Å². The van der Waals surface area contributed by atoms with Gasteiger partial charge in [0.2, 0.25) is 5.91 Å². The van der Waals surface area contributed by atoms with Gasteiger partial charge in [-0.05, 0) is 5.56 Å². The van der Waals surface area contributed by atoms with Crippen LogP contribution in [0.25, 0.3) is 0 Å². The Labute approximate surface area is 99.6 Å². The maximum Gasteiger partial charge on any atom is 0.304 e. The molecule has 0 fully saturated rings. The average Bonchev–Trinajstić information content (AvgIpc) is 2.26. The normalized spacial score (nSPS) is 11.8. The van der Waals surface area contributed by atoms with E-state index in [0.29, 0.717) is 6.54 Å². The second-order valence-electron chi connectivity index (χ2n) is 3.82. The summed E-state index contributed by atoms with van der Waals surface area (Å²) in [5.41, 5.74) is 6.50. The third-order valence-corrected chi connectivity index (χ3v) is 2.22. The zero-order valence-electron chi connectivity index (χ0n) is 9.43. The topological polar surface area (TPSA) is 92.4 Å². The van der Waals surface area contributed by atoms with Crippen LogP contribution in [-0.2, 0) is 16.1 Å². The molecular formula is C12H16N2O3. The second-order valence-corrected chi connectivity index (χ2v) is 3.82. The standard InChI is InChI=1S/C12H16N2O3/c13-10(7-12(16)17)6-11(15)14-8-9-4-2-1-3-5-9/h1-5,10H,6-8,13H2,(H,14,15)(H,16,17). The molecule has 0 aromatic heterocycles. The van der Waals surface area contributed by atoms with E-state index in [1.165, 1.54) is 0 Å². The first-order valence-electron chi connectivity index (χ1n) is 5.36. The Hall–Kier alpha value is -1.88. The smallest absolute Gasteiger partial charge is 0.304 e. The number of carboxylic acid groups (broad SMARTS) is 1. The molecule has 0 heterocycles. The van der Waals surface area contributed by atoms with Crippen molar-refractivity contribution in [3.05, 3.63) is 35.9 Å². The van der Waals surface area contributed by atoms with Crippen LogP contribution in [0.1, 0.15) is 18.4 Å². The van der Waals surface area contributed by atoms with Crippen molar-refractivity contribution in [2.45, 2.75) is 25.4 Å². The van der Waals surface area contributed by atoms with Gasteiger partial charge in [-0.3, -0.25) is 9.59 Å². The van der Waals surface area contributed by atoms with Crippen molar-refractivity contribution in [2.24, 2.45) is 5.73 Å². The number of carbonyl (C=O) groups excluding carboxylic acids is 1. The molecule has 0 radical (unpaired) electrons. The van der Waals surface area contributed by atoms with Crippen LogP contribution in [0.3, 0.4) is 0 Å². The fraction of sp³-hybridized carbons (Fsp3) is 0.333. The SMILES string of the molecule is NC(CC(=O)O)CC(=O)NCc1ccccc1. The maximum absolute atomic E-state index is 11.4. The first kappa shape index (κ1) is 13.2. The lowest BCUT2D eigenvalue weighted by Crippen LogP contribution is -2.32. The molecule has 4 N–H and O–H groups in total. The van der Waals surface area contributed by atoms with Crippen LogP contribution < -0.4 is 11.1 Å². The van der Waals surface area contributed by atoms with Crippen molar-refractivity contribution >= 4 is 11.9 Å². The Morgan fingerprint density at radius 3 is 2.47 bits per heavy atom. The summed E-state index contributed by atoms with van der Waals surface area (Å²) in [5.74, 6) is -1.23. The summed E-state index contributed by atoms with van der Waals surface area (Å²) in [6.45, 7) is 0.430. The lowest BCUT2D eigenvalue weighted by molar-refractivity contribution is -0.137. The summed E-state index contributed by atoms with van der Waals surface area (Å²) in [6.07, 6.45) is -0.169. The number of hydrogen-bond acceptors (Lipinski definition) is 3. The van der Waals surface area contributed by atoms with E-state index in [9.17, 15) is 9.59 Å². The van der Waals surface area contributed by atoms with Gasteiger partial charge in [-0.2, -0.15) is 0 Å². The van der Waals surface area contributed by atoms with E-state index in [-0.39, 0.29) is 18.7 Å². The van der Waals surface area contributed by atoms with Crippen molar-refractivity contribution in [1.82, 2.24) is 5.32 Å². The molecule has 0 aliphatic carbocycles. The Morgan fingerprint density at radius 2 is 1.88 bits per heavy atom. The minimum Gasteiger partial charge on any atom is -0.481 e. The Bertz CT molecular complexity index is 379. The molecule has 5 heteroatoms. The summed E-state index contributed by atoms with van der Waals surface area (Å²) in [7, 11) is 0. The number of nitrogens with one attached hydrogen (secondary N) is 1. The van der Waals surface area contributed by atoms with E-state index in [4.69, 9.17) is 10.8 Å². The number of carbonyl (C=O) groups is 2. The van der Waals surface area contributed by atoms with Gasteiger partial charge in [-0.1, -0.05) is 30.3 Å². The Balaban J connectivity index is 2.28. The second kappa shape index (κ2) is 6.65. The van der Waals surface area contributed by atoms with Gasteiger partial charge in [0.1, 0.15) is 0 Å². The van der Waals surface area contributed by atoms with Gasteiger partial charge in [-0.25, -0.2) is 0 Å². The van der Waals surface area contributed by atoms with Crippen LogP contribution in [0.2, 0.25) is 0 Å². The van der Waals surface area contributed by atoms with E-state index >= 15 is 0 Å². The van der Waals surface area contributed by atoms with Gasteiger partial charge in [0, 0.05) is 19.0 Å². The fourth-order valence-electron chi connectivity index (χ4n) is 1.40. The first-order chi connectivity index (χ1) is 8.08. The highest BCUT2D eigenvalue weighted by atomic mass is 16.4. The number of benzene rings is 1. The molecule has 17 heavy (non-hydrogen) atoms. The molecule has 1 atom stereocenters. The van der Waals surface area contributed by atoms with Crippen molar-refractivity contribution < 1.29 is 14.7 Å². The number of amides is 1. The molecule has 1 aromatic rings. The largest absolute Gasteiger partial charge is 0.481 e. The van der Waals surface area contributed by atoms with Crippen molar-refractivity contribution in [1.29, 1.82) is 0 Å². The zero-order valence-corrected chi connectivity index (χ0v) is 9.43. The number of nitrogens with two attached hydrogens (primary N) is 1. The van der Waals surface area contributed by atoms with Gasteiger partial charge in [0.05, 0.1) is 6.42 Å². The van der Waals surface area contributed by atoms with Gasteiger partial charge in [0.15, 0.2) is 0 Å². The molecule has 0 spiro atoms. The number of carboxylic acids is 1. The average molecular weight is 236 g/mol. The summed E-state index contributed by atoms with van der Waals surface area (Å²) >= 11 is 0. The van der Waals surface area contributed by atoms with Crippen LogP contribution in [0.4, 0.5) is 0 Å². The monoisotopic (exact) mass is 236 g/mol. The van der Waals surface area contributed by atoms with Crippen molar-refractivity contribution in [3.8, 4) is 0 Å². The minimum atomic E-state index is -0.992. The van der Waals surface area contributed by atoms with Crippen LogP contribution in [-0.4, -0.2) is 23.0 Å². The molecule has 5 nitrogen and oxygen atoms in total. The predicted octanol–water partition coefficient (Wildman–Crippen LogP) is 0.495. The zero-order chi connectivity index (χ0) is 12.7. The number of rotatable bonds is 6. The van der Waals surface area contributed by atoms with E-state index in [0.717, 1.165) is 5.56 Å². The van der Waals surface area contributed by atoms with Crippen LogP contribution in [0, 0.1) is 0 Å². The van der Waals surface area contributed by atoms with Gasteiger partial charge in [0.25, 0.3) is 0 Å². The minimum absolute atomic E-state index is 0.0269. The quantitative estimate of drug-likeness (QED) is 0.670. The highest BCUT2D eigenvalue weighted by molar-refractivity contribution is 5.77. The predicted molar refractivity (Wildman–Crippen MR) is 63.1 cm³/mol. The van der Waals surface area contributed by atoms with E-state index in [2.05, 4.69) is 5.32 Å². The molecule has 1 amide bonds. The molecule has 1 unspecified atom stereocenters. The van der Waals surface area contributed by atoms with Crippen LogP contribution in [0.15, 0.2) is 30.3 Å². The first-order valence-corrected chi connectivity index (χ1v) is 5.36. The fourth-order valence-corrected chi connectivity index (χ4v) is 1.40. The van der Waals surface area contributed by atoms with E-state index in [1.807, 2.05) is 30.3 Å². The molecule has 0 saturated heterocycles. The molecule has 0 saturated carbocycles. The van der Waals surface area contributed by atoms with Crippen molar-refractivity contribution in [3.63, 3.8) is 0 Å². The summed E-state index contributed by atoms with van der Waals surface area (Å²) in [4.78, 5) is 21.8. The molecule has 1 aromatic carbocycles. The molecule has 0 bridgehead atoms. The molecular weight excluding hydrogens is 220 g/mol. The summed E-state index contributed by atoms with van der Waals surface area (Å²) < 4.78 is 0. The Morgan fingerprint density at radius 1 is 1.24 bits per heavy atom. The Kier molecular flexibility index (Phi) is 5.16. The summed E-state index contributed by atoms with van der Waals surface area (Å²) in [6, 6.07) is 8.83. The van der Waals surface area contributed by atoms with E-state index < -0.39 is 12.0 Å². The molecule has 92 valence electrons. The van der Waals surface area contributed by atoms with Crippen molar-refractivity contribution in [2.75, 3.05) is 0 Å². The van der Waals surface area contributed by atoms with Gasteiger partial charge in [-0.15, -0.1) is 0 Å². The lowest BCUT2D eigenvalue weighted by atomic mass is 10.1. The van der Waals surface area contributed by atoms with Crippen LogP contribution >= 0.6 is 0 Å². The third kappa shape index (κ3) is 5.67. The maximum atomic E-state index is 11.4. The third-order valence-electron chi connectivity index (χ3n) is 2.22. The number of hydrogen-bond donors (Lipinski definition) is 3. The highest BCUT2D eigenvalue weighted by Gasteiger charge is 2.12. The molecule has 0 aliphatic heterocycles. The molecule has 1 rings (SSSR count). The summed E-state index contributed by atoms with van der Waals surface area (Å²) in [5, 5.41) is 11.2. The lowest BCUT2D eigenvalue weighted by Gasteiger charge is -2.09.